The molecule has 0 aromatic heterocycles. The van der Waals surface area contributed by atoms with Crippen molar-refractivity contribution in [2.24, 2.45) is 11.7 Å². The molecule has 0 bridgehead atoms. The first-order valence-electron chi connectivity index (χ1n) is 7.99. The fourth-order valence-corrected chi connectivity index (χ4v) is 3.00. The summed E-state index contributed by atoms with van der Waals surface area (Å²) in [7, 11) is 0. The first-order valence-corrected chi connectivity index (χ1v) is 7.99. The molecule has 0 spiro atoms. The molecule has 1 amide bonds. The summed E-state index contributed by atoms with van der Waals surface area (Å²) in [6.07, 6.45) is 5.01. The second-order valence-electron chi connectivity index (χ2n) is 5.96. The van der Waals surface area contributed by atoms with Crippen LogP contribution in [-0.2, 0) is 0 Å². The van der Waals surface area contributed by atoms with Gasteiger partial charge in [0.15, 0.2) is 0 Å². The second-order valence-corrected chi connectivity index (χ2v) is 5.96. The van der Waals surface area contributed by atoms with E-state index in [2.05, 4.69) is 10.6 Å². The lowest BCUT2D eigenvalue weighted by atomic mass is 9.84. The molecule has 1 fully saturated rings. The normalized spacial score (nSPS) is 22.0. The molecule has 0 saturated heterocycles. The first kappa shape index (κ1) is 16.0. The maximum absolute atomic E-state index is 12.0. The Morgan fingerprint density at radius 3 is 2.62 bits per heavy atom. The highest BCUT2D eigenvalue weighted by Gasteiger charge is 2.22. The smallest absolute Gasteiger partial charge is 0.251 e. The van der Waals surface area contributed by atoms with Gasteiger partial charge < -0.3 is 16.4 Å². The summed E-state index contributed by atoms with van der Waals surface area (Å²) >= 11 is 0. The Morgan fingerprint density at radius 1 is 1.19 bits per heavy atom. The molecular weight excluding hydrogens is 262 g/mol. The Bertz CT molecular complexity index is 444. The Balaban J connectivity index is 1.69. The van der Waals surface area contributed by atoms with E-state index in [0.29, 0.717) is 18.5 Å². The van der Waals surface area contributed by atoms with Crippen molar-refractivity contribution < 1.29 is 4.79 Å². The van der Waals surface area contributed by atoms with Gasteiger partial charge >= 0.3 is 0 Å². The van der Waals surface area contributed by atoms with E-state index in [1.165, 1.54) is 31.2 Å². The summed E-state index contributed by atoms with van der Waals surface area (Å²) < 4.78 is 0. The predicted molar refractivity (Wildman–Crippen MR) is 86.3 cm³/mol. The molecule has 1 aromatic rings. The number of benzene rings is 1. The quantitative estimate of drug-likeness (QED) is 0.700. The van der Waals surface area contributed by atoms with Crippen molar-refractivity contribution in [2.45, 2.75) is 38.6 Å². The summed E-state index contributed by atoms with van der Waals surface area (Å²) in [6.45, 7) is 4.23. The molecule has 1 aliphatic carbocycles. The fourth-order valence-electron chi connectivity index (χ4n) is 3.00. The molecular formula is C17H27N3O. The molecule has 21 heavy (non-hydrogen) atoms. The number of carbonyl (C=O) groups excluding carboxylic acids is 1. The van der Waals surface area contributed by atoms with Crippen LogP contribution in [0, 0.1) is 12.8 Å². The number of amides is 1. The highest BCUT2D eigenvalue weighted by Crippen LogP contribution is 2.23. The standard InChI is InChI=1S/C17H27N3O/c1-13-6-8-14(9-7-13)17(21)20-11-10-19-16-5-3-2-4-15(16)12-18/h6-9,15-16,19H,2-5,10-12,18H2,1H3,(H,20,21). The van der Waals surface area contributed by atoms with Crippen LogP contribution in [0.4, 0.5) is 0 Å². The second kappa shape index (κ2) is 8.15. The number of aryl methyl sites for hydroxylation is 1. The summed E-state index contributed by atoms with van der Waals surface area (Å²) in [6, 6.07) is 8.16. The van der Waals surface area contributed by atoms with Gasteiger partial charge in [0.1, 0.15) is 0 Å². The van der Waals surface area contributed by atoms with E-state index in [1.54, 1.807) is 0 Å². The minimum absolute atomic E-state index is 0.00387. The van der Waals surface area contributed by atoms with E-state index in [9.17, 15) is 4.79 Å². The monoisotopic (exact) mass is 289 g/mol. The summed E-state index contributed by atoms with van der Waals surface area (Å²) in [5.41, 5.74) is 7.71. The van der Waals surface area contributed by atoms with Crippen LogP contribution in [0.2, 0.25) is 0 Å². The van der Waals surface area contributed by atoms with Crippen molar-refractivity contribution in [2.75, 3.05) is 19.6 Å². The van der Waals surface area contributed by atoms with E-state index in [4.69, 9.17) is 5.73 Å². The molecule has 1 aliphatic rings. The van der Waals surface area contributed by atoms with Crippen molar-refractivity contribution in [3.05, 3.63) is 35.4 Å². The van der Waals surface area contributed by atoms with Crippen molar-refractivity contribution in [3.8, 4) is 0 Å². The Hall–Kier alpha value is -1.39. The molecule has 0 heterocycles. The van der Waals surface area contributed by atoms with Gasteiger partial charge in [-0.3, -0.25) is 4.79 Å². The largest absolute Gasteiger partial charge is 0.351 e. The number of carbonyl (C=O) groups is 1. The molecule has 0 aliphatic heterocycles. The third-order valence-electron chi connectivity index (χ3n) is 4.34. The van der Waals surface area contributed by atoms with Crippen molar-refractivity contribution >= 4 is 5.91 Å². The molecule has 4 N–H and O–H groups in total. The van der Waals surface area contributed by atoms with Gasteiger partial charge in [-0.05, 0) is 44.4 Å². The molecule has 0 radical (unpaired) electrons. The maximum atomic E-state index is 12.0. The van der Waals surface area contributed by atoms with Gasteiger partial charge in [0, 0.05) is 24.7 Å². The molecule has 4 nitrogen and oxygen atoms in total. The average Bonchev–Trinajstić information content (AvgIpc) is 2.52. The molecule has 2 atom stereocenters. The fraction of sp³-hybridized carbons (Fsp3) is 0.588. The van der Waals surface area contributed by atoms with Crippen molar-refractivity contribution in [3.63, 3.8) is 0 Å². The number of rotatable bonds is 6. The zero-order valence-electron chi connectivity index (χ0n) is 12.9. The van der Waals surface area contributed by atoms with Crippen LogP contribution in [0.15, 0.2) is 24.3 Å². The molecule has 116 valence electrons. The van der Waals surface area contributed by atoms with Crippen molar-refractivity contribution in [1.29, 1.82) is 0 Å². The summed E-state index contributed by atoms with van der Waals surface area (Å²) in [5, 5.41) is 6.50. The third-order valence-corrected chi connectivity index (χ3v) is 4.34. The van der Waals surface area contributed by atoms with E-state index in [0.717, 1.165) is 18.7 Å². The molecule has 4 heteroatoms. The number of hydrogen-bond donors (Lipinski definition) is 3. The molecule has 1 saturated carbocycles. The lowest BCUT2D eigenvalue weighted by Crippen LogP contribution is -2.44. The number of hydrogen-bond acceptors (Lipinski definition) is 3. The van der Waals surface area contributed by atoms with E-state index < -0.39 is 0 Å². The van der Waals surface area contributed by atoms with Crippen LogP contribution >= 0.6 is 0 Å². The molecule has 2 unspecified atom stereocenters. The highest BCUT2D eigenvalue weighted by atomic mass is 16.1. The van der Waals surface area contributed by atoms with Gasteiger partial charge in [-0.15, -0.1) is 0 Å². The van der Waals surface area contributed by atoms with Crippen LogP contribution in [-0.4, -0.2) is 31.6 Å². The Kier molecular flexibility index (Phi) is 6.21. The van der Waals surface area contributed by atoms with Gasteiger partial charge in [0.25, 0.3) is 5.91 Å². The molecule has 2 rings (SSSR count). The Morgan fingerprint density at radius 2 is 1.90 bits per heavy atom. The van der Waals surface area contributed by atoms with Crippen LogP contribution in [0.5, 0.6) is 0 Å². The zero-order valence-corrected chi connectivity index (χ0v) is 12.9. The van der Waals surface area contributed by atoms with Crippen LogP contribution < -0.4 is 16.4 Å². The Labute approximate surface area is 127 Å². The van der Waals surface area contributed by atoms with Gasteiger partial charge in [-0.25, -0.2) is 0 Å². The van der Waals surface area contributed by atoms with Crippen LogP contribution in [0.25, 0.3) is 0 Å². The highest BCUT2D eigenvalue weighted by molar-refractivity contribution is 5.94. The topological polar surface area (TPSA) is 67.2 Å². The lowest BCUT2D eigenvalue weighted by molar-refractivity contribution is 0.0953. The van der Waals surface area contributed by atoms with Crippen LogP contribution in [0.1, 0.15) is 41.6 Å². The summed E-state index contributed by atoms with van der Waals surface area (Å²) in [4.78, 5) is 12.0. The number of nitrogens with two attached hydrogens (primary N) is 1. The lowest BCUT2D eigenvalue weighted by Gasteiger charge is -2.31. The average molecular weight is 289 g/mol. The van der Waals surface area contributed by atoms with E-state index in [1.807, 2.05) is 31.2 Å². The van der Waals surface area contributed by atoms with E-state index >= 15 is 0 Å². The van der Waals surface area contributed by atoms with Gasteiger partial charge in [-0.1, -0.05) is 30.5 Å². The predicted octanol–water partition coefficient (Wildman–Crippen LogP) is 1.83. The van der Waals surface area contributed by atoms with E-state index in [-0.39, 0.29) is 5.91 Å². The SMILES string of the molecule is Cc1ccc(C(=O)NCCNC2CCCCC2CN)cc1. The third kappa shape index (κ3) is 4.83. The summed E-state index contributed by atoms with van der Waals surface area (Å²) in [5.74, 6) is 0.586. The molecule has 1 aromatic carbocycles. The van der Waals surface area contributed by atoms with Crippen molar-refractivity contribution in [1.82, 2.24) is 10.6 Å². The minimum atomic E-state index is -0.00387. The first-order chi connectivity index (χ1) is 10.2. The van der Waals surface area contributed by atoms with Gasteiger partial charge in [0.05, 0.1) is 0 Å². The minimum Gasteiger partial charge on any atom is -0.351 e. The zero-order chi connectivity index (χ0) is 15.1. The van der Waals surface area contributed by atoms with Gasteiger partial charge in [0.2, 0.25) is 0 Å². The van der Waals surface area contributed by atoms with Crippen LogP contribution in [0.3, 0.4) is 0 Å². The van der Waals surface area contributed by atoms with Gasteiger partial charge in [-0.2, -0.15) is 0 Å². The number of nitrogens with one attached hydrogen (secondary N) is 2. The maximum Gasteiger partial charge on any atom is 0.251 e.